The zero-order chi connectivity index (χ0) is 9.19. The molecule has 3 heteroatoms. The molecule has 0 bridgehead atoms. The average molecular weight is 165 g/mol. The van der Waals surface area contributed by atoms with Gasteiger partial charge in [0.25, 0.3) is 0 Å². The van der Waals surface area contributed by atoms with Crippen molar-refractivity contribution in [1.29, 1.82) is 0 Å². The maximum atomic E-state index is 4.11. The standard InChI is InChI=1S/C9H15N3/c1-9(2,3)7-5-6-8(10-4)12-11-7/h5-6H,1-4H3,(H,10,12). The summed E-state index contributed by atoms with van der Waals surface area (Å²) in [5, 5.41) is 11.0. The molecule has 0 atom stereocenters. The Morgan fingerprint density at radius 2 is 1.83 bits per heavy atom. The summed E-state index contributed by atoms with van der Waals surface area (Å²) in [5.41, 5.74) is 1.10. The number of hydrogen-bond donors (Lipinski definition) is 1. The van der Waals surface area contributed by atoms with Gasteiger partial charge < -0.3 is 5.32 Å². The van der Waals surface area contributed by atoms with Crippen LogP contribution in [-0.4, -0.2) is 17.2 Å². The quantitative estimate of drug-likeness (QED) is 0.689. The van der Waals surface area contributed by atoms with Crippen molar-refractivity contribution in [2.24, 2.45) is 0 Å². The van der Waals surface area contributed by atoms with Gasteiger partial charge >= 0.3 is 0 Å². The Morgan fingerprint density at radius 1 is 1.17 bits per heavy atom. The van der Waals surface area contributed by atoms with Crippen LogP contribution >= 0.6 is 0 Å². The lowest BCUT2D eigenvalue weighted by Crippen LogP contribution is -2.14. The van der Waals surface area contributed by atoms with Crippen molar-refractivity contribution >= 4 is 5.82 Å². The van der Waals surface area contributed by atoms with Crippen LogP contribution in [0.5, 0.6) is 0 Å². The van der Waals surface area contributed by atoms with Crippen LogP contribution in [0.15, 0.2) is 12.1 Å². The van der Waals surface area contributed by atoms with Crippen molar-refractivity contribution in [2.45, 2.75) is 26.2 Å². The van der Waals surface area contributed by atoms with Crippen molar-refractivity contribution in [1.82, 2.24) is 10.2 Å². The molecule has 0 saturated carbocycles. The van der Waals surface area contributed by atoms with E-state index >= 15 is 0 Å². The maximum Gasteiger partial charge on any atom is 0.148 e. The molecule has 0 aliphatic carbocycles. The fourth-order valence-corrected chi connectivity index (χ4v) is 0.866. The van der Waals surface area contributed by atoms with Crippen LogP contribution in [0.3, 0.4) is 0 Å². The first-order chi connectivity index (χ1) is 5.54. The molecule has 0 saturated heterocycles. The van der Waals surface area contributed by atoms with Crippen LogP contribution in [0.2, 0.25) is 0 Å². The first kappa shape index (κ1) is 8.97. The summed E-state index contributed by atoms with van der Waals surface area (Å²) in [6.45, 7) is 6.36. The molecule has 1 N–H and O–H groups in total. The van der Waals surface area contributed by atoms with E-state index in [1.54, 1.807) is 0 Å². The van der Waals surface area contributed by atoms with Gasteiger partial charge in [0.15, 0.2) is 0 Å². The smallest absolute Gasteiger partial charge is 0.148 e. The van der Waals surface area contributed by atoms with Crippen LogP contribution < -0.4 is 5.32 Å². The molecule has 1 aromatic heterocycles. The number of nitrogens with one attached hydrogen (secondary N) is 1. The fraction of sp³-hybridized carbons (Fsp3) is 0.556. The number of anilines is 1. The summed E-state index contributed by atoms with van der Waals surface area (Å²) in [5.74, 6) is 0.808. The predicted molar refractivity (Wildman–Crippen MR) is 50.3 cm³/mol. The minimum Gasteiger partial charge on any atom is -0.372 e. The molecule has 12 heavy (non-hydrogen) atoms. The minimum absolute atomic E-state index is 0.0826. The highest BCUT2D eigenvalue weighted by Gasteiger charge is 2.15. The van der Waals surface area contributed by atoms with E-state index in [2.05, 4.69) is 36.3 Å². The van der Waals surface area contributed by atoms with Gasteiger partial charge in [0.2, 0.25) is 0 Å². The molecular formula is C9H15N3. The van der Waals surface area contributed by atoms with Gasteiger partial charge in [0, 0.05) is 12.5 Å². The lowest BCUT2D eigenvalue weighted by molar-refractivity contribution is 0.559. The number of nitrogens with zero attached hydrogens (tertiary/aromatic N) is 2. The normalized spacial score (nSPS) is 11.3. The molecule has 0 radical (unpaired) electrons. The number of hydrogen-bond acceptors (Lipinski definition) is 3. The zero-order valence-electron chi connectivity index (χ0n) is 8.05. The zero-order valence-corrected chi connectivity index (χ0v) is 8.05. The summed E-state index contributed by atoms with van der Waals surface area (Å²) in [6.07, 6.45) is 0. The Balaban J connectivity index is 2.93. The van der Waals surface area contributed by atoms with Gasteiger partial charge in [-0.05, 0) is 12.1 Å². The van der Waals surface area contributed by atoms with E-state index < -0.39 is 0 Å². The van der Waals surface area contributed by atoms with E-state index in [0.29, 0.717) is 0 Å². The van der Waals surface area contributed by atoms with Crippen LogP contribution in [0.4, 0.5) is 5.82 Å². The topological polar surface area (TPSA) is 37.8 Å². The van der Waals surface area contributed by atoms with E-state index in [0.717, 1.165) is 11.5 Å². The van der Waals surface area contributed by atoms with Gasteiger partial charge in [-0.1, -0.05) is 20.8 Å². The highest BCUT2D eigenvalue weighted by atomic mass is 15.2. The summed E-state index contributed by atoms with van der Waals surface area (Å²) in [6, 6.07) is 3.94. The second-order valence-corrected chi connectivity index (χ2v) is 3.80. The van der Waals surface area contributed by atoms with E-state index in [4.69, 9.17) is 0 Å². The number of aromatic nitrogens is 2. The maximum absolute atomic E-state index is 4.11. The van der Waals surface area contributed by atoms with E-state index in [-0.39, 0.29) is 5.41 Å². The van der Waals surface area contributed by atoms with E-state index in [1.807, 2.05) is 19.2 Å². The monoisotopic (exact) mass is 165 g/mol. The lowest BCUT2D eigenvalue weighted by Gasteiger charge is -2.16. The van der Waals surface area contributed by atoms with Gasteiger partial charge in [0.05, 0.1) is 5.69 Å². The van der Waals surface area contributed by atoms with Crippen molar-refractivity contribution in [3.63, 3.8) is 0 Å². The molecule has 3 nitrogen and oxygen atoms in total. The van der Waals surface area contributed by atoms with Crippen molar-refractivity contribution in [3.8, 4) is 0 Å². The van der Waals surface area contributed by atoms with Gasteiger partial charge in [-0.25, -0.2) is 0 Å². The van der Waals surface area contributed by atoms with E-state index in [9.17, 15) is 0 Å². The summed E-state index contributed by atoms with van der Waals surface area (Å²) in [4.78, 5) is 0. The van der Waals surface area contributed by atoms with Gasteiger partial charge in [-0.15, -0.1) is 5.10 Å². The Bertz CT molecular complexity index is 245. The summed E-state index contributed by atoms with van der Waals surface area (Å²) >= 11 is 0. The van der Waals surface area contributed by atoms with Crippen LogP contribution in [0.1, 0.15) is 26.5 Å². The van der Waals surface area contributed by atoms with Gasteiger partial charge in [-0.2, -0.15) is 5.10 Å². The molecule has 66 valence electrons. The molecule has 0 aliphatic rings. The second-order valence-electron chi connectivity index (χ2n) is 3.80. The number of rotatable bonds is 1. The third-order valence-corrected chi connectivity index (χ3v) is 1.69. The molecule has 0 amide bonds. The third-order valence-electron chi connectivity index (χ3n) is 1.69. The van der Waals surface area contributed by atoms with Crippen molar-refractivity contribution in [3.05, 3.63) is 17.8 Å². The summed E-state index contributed by atoms with van der Waals surface area (Å²) < 4.78 is 0. The molecule has 0 aromatic carbocycles. The van der Waals surface area contributed by atoms with Crippen LogP contribution in [0, 0.1) is 0 Å². The van der Waals surface area contributed by atoms with Crippen LogP contribution in [0.25, 0.3) is 0 Å². The lowest BCUT2D eigenvalue weighted by atomic mass is 9.92. The molecule has 1 aromatic rings. The fourth-order valence-electron chi connectivity index (χ4n) is 0.866. The first-order valence-corrected chi connectivity index (χ1v) is 4.06. The Kier molecular flexibility index (Phi) is 2.31. The molecular weight excluding hydrogens is 150 g/mol. The highest BCUT2D eigenvalue weighted by Crippen LogP contribution is 2.19. The molecule has 1 rings (SSSR count). The van der Waals surface area contributed by atoms with Crippen molar-refractivity contribution in [2.75, 3.05) is 12.4 Å². The molecule has 0 aliphatic heterocycles. The molecule has 0 unspecified atom stereocenters. The van der Waals surface area contributed by atoms with Crippen molar-refractivity contribution < 1.29 is 0 Å². The van der Waals surface area contributed by atoms with Crippen LogP contribution in [-0.2, 0) is 5.41 Å². The van der Waals surface area contributed by atoms with Gasteiger partial charge in [-0.3, -0.25) is 0 Å². The predicted octanol–water partition coefficient (Wildman–Crippen LogP) is 1.82. The Hall–Kier alpha value is -1.12. The first-order valence-electron chi connectivity index (χ1n) is 4.06. The second kappa shape index (κ2) is 3.09. The van der Waals surface area contributed by atoms with Gasteiger partial charge in [0.1, 0.15) is 5.82 Å². The molecule has 0 spiro atoms. The summed E-state index contributed by atoms with van der Waals surface area (Å²) in [7, 11) is 1.83. The largest absolute Gasteiger partial charge is 0.372 e. The Labute approximate surface area is 73.2 Å². The minimum atomic E-state index is 0.0826. The average Bonchev–Trinajstić information content (AvgIpc) is 2.03. The Morgan fingerprint density at radius 3 is 2.17 bits per heavy atom. The molecule has 1 heterocycles. The molecule has 0 fully saturated rings. The van der Waals surface area contributed by atoms with E-state index in [1.165, 1.54) is 0 Å². The SMILES string of the molecule is CNc1ccc(C(C)(C)C)nn1. The highest BCUT2D eigenvalue weighted by molar-refractivity contribution is 5.32. The third kappa shape index (κ3) is 1.94.